The van der Waals surface area contributed by atoms with Gasteiger partial charge in [-0.3, -0.25) is 0 Å². The van der Waals surface area contributed by atoms with E-state index < -0.39 is 11.9 Å². The maximum atomic E-state index is 12.8. The van der Waals surface area contributed by atoms with Crippen molar-refractivity contribution in [3.8, 4) is 22.5 Å². The third-order valence-corrected chi connectivity index (χ3v) is 12.6. The van der Waals surface area contributed by atoms with Gasteiger partial charge in [0.1, 0.15) is 0 Å². The number of benzene rings is 4. The quantitative estimate of drug-likeness (QED) is 0.0921. The van der Waals surface area contributed by atoms with Crippen molar-refractivity contribution >= 4 is 98.5 Å². The molecule has 6 aromatic rings. The molecule has 0 spiro atoms. The van der Waals surface area contributed by atoms with Crippen LogP contribution in [-0.4, -0.2) is 97.4 Å². The zero-order valence-corrected chi connectivity index (χ0v) is 41.2. The summed E-state index contributed by atoms with van der Waals surface area (Å²) in [4.78, 5) is 49.1. The van der Waals surface area contributed by atoms with E-state index in [4.69, 9.17) is 83.9 Å². The molecule has 0 radical (unpaired) electrons. The number of ether oxygens (including phenoxy) is 2. The molecular formula is C48H51Cl5N10O4. The van der Waals surface area contributed by atoms with Crippen LogP contribution in [-0.2, 0) is 9.47 Å². The van der Waals surface area contributed by atoms with E-state index in [1.807, 2.05) is 55.5 Å². The van der Waals surface area contributed by atoms with E-state index in [0.717, 1.165) is 56.3 Å². The highest BCUT2D eigenvalue weighted by Crippen LogP contribution is 2.37. The lowest BCUT2D eigenvalue weighted by molar-refractivity contribution is 0.0510. The summed E-state index contributed by atoms with van der Waals surface area (Å²) >= 11 is 30.8. The minimum Gasteiger partial charge on any atom is -0.461 e. The molecule has 0 amide bonds. The summed E-state index contributed by atoms with van der Waals surface area (Å²) in [6.07, 6.45) is 0. The molecule has 0 saturated carbocycles. The second-order valence-electron chi connectivity index (χ2n) is 15.1. The van der Waals surface area contributed by atoms with Gasteiger partial charge in [-0.1, -0.05) is 107 Å². The van der Waals surface area contributed by atoms with E-state index in [9.17, 15) is 9.59 Å². The van der Waals surface area contributed by atoms with Crippen LogP contribution in [0, 0.1) is 13.8 Å². The van der Waals surface area contributed by atoms with Crippen molar-refractivity contribution in [3.05, 3.63) is 133 Å². The van der Waals surface area contributed by atoms with Gasteiger partial charge in [0, 0.05) is 63.5 Å². The first-order valence-electron chi connectivity index (χ1n) is 21.5. The fourth-order valence-electron chi connectivity index (χ4n) is 7.39. The highest BCUT2D eigenvalue weighted by molar-refractivity contribution is 6.44. The molecule has 2 fully saturated rings. The van der Waals surface area contributed by atoms with E-state index >= 15 is 0 Å². The van der Waals surface area contributed by atoms with Crippen LogP contribution in [0.1, 0.15) is 46.2 Å². The molecule has 2 aromatic heterocycles. The number of carbonyl (C=O) groups is 2. The highest BCUT2D eigenvalue weighted by atomic mass is 35.5. The molecule has 0 atom stereocenters. The Morgan fingerprint density at radius 2 is 1.00 bits per heavy atom. The van der Waals surface area contributed by atoms with E-state index in [0.29, 0.717) is 72.9 Å². The number of hydrogen-bond donors (Lipinski definition) is 3. The van der Waals surface area contributed by atoms with Gasteiger partial charge in [-0.25, -0.2) is 29.5 Å². The number of aryl methyl sites for hydroxylation is 2. The number of halogens is 5. The Kier molecular flexibility index (Phi) is 18.1. The van der Waals surface area contributed by atoms with Crippen molar-refractivity contribution in [1.82, 2.24) is 25.3 Å². The maximum Gasteiger partial charge on any atom is 0.360 e. The number of para-hydroxylation sites is 4. The Bertz CT molecular complexity index is 2700. The molecule has 67 heavy (non-hydrogen) atoms. The van der Waals surface area contributed by atoms with Gasteiger partial charge in [-0.05, 0) is 64.1 Å². The molecule has 0 aliphatic carbocycles. The predicted molar refractivity (Wildman–Crippen MR) is 273 cm³/mol. The van der Waals surface area contributed by atoms with E-state index in [1.54, 1.807) is 51.1 Å². The topological polar surface area (TPSA) is 178 Å². The number of nitrogens with zero attached hydrogens (tertiary/aromatic N) is 7. The van der Waals surface area contributed by atoms with Crippen LogP contribution in [0.2, 0.25) is 25.2 Å². The smallest absolute Gasteiger partial charge is 0.360 e. The predicted octanol–water partition coefficient (Wildman–Crippen LogP) is 10.1. The molecule has 8 rings (SSSR count). The lowest BCUT2D eigenvalue weighted by Crippen LogP contribution is -2.47. The largest absolute Gasteiger partial charge is 0.461 e. The van der Waals surface area contributed by atoms with Crippen LogP contribution in [0.25, 0.3) is 22.5 Å². The fraction of sp³-hybridized carbons (Fsp3) is 0.292. The van der Waals surface area contributed by atoms with Crippen molar-refractivity contribution in [1.29, 1.82) is 0 Å². The second-order valence-corrected chi connectivity index (χ2v) is 17.0. The molecule has 352 valence electrons. The summed E-state index contributed by atoms with van der Waals surface area (Å²) < 4.78 is 10.2. The summed E-state index contributed by atoms with van der Waals surface area (Å²) in [5, 5.41) is 4.83. The number of nitrogen functional groups attached to an aromatic ring is 2. The summed E-state index contributed by atoms with van der Waals surface area (Å²) in [5.41, 5.74) is 19.3. The van der Waals surface area contributed by atoms with E-state index in [1.165, 1.54) is 5.69 Å². The lowest BCUT2D eigenvalue weighted by Gasteiger charge is -2.37. The Labute approximate surface area is 415 Å². The monoisotopic (exact) mass is 1010 g/mol. The van der Waals surface area contributed by atoms with Crippen LogP contribution in [0.15, 0.2) is 84.9 Å². The molecule has 19 heteroatoms. The maximum absolute atomic E-state index is 12.8. The highest BCUT2D eigenvalue weighted by Gasteiger charge is 2.28. The minimum atomic E-state index is -0.630. The van der Waals surface area contributed by atoms with E-state index in [2.05, 4.69) is 41.0 Å². The first-order valence-corrected chi connectivity index (χ1v) is 23.4. The average molecular weight is 1010 g/mol. The number of carbonyl (C=O) groups excluding carboxylic acids is 2. The molecule has 4 heterocycles. The molecule has 4 aromatic carbocycles. The molecule has 5 N–H and O–H groups in total. The van der Waals surface area contributed by atoms with Gasteiger partial charge in [0.25, 0.3) is 0 Å². The number of aromatic nitrogens is 4. The van der Waals surface area contributed by atoms with Gasteiger partial charge in [-0.2, -0.15) is 0 Å². The average Bonchev–Trinajstić information content (AvgIpc) is 3.32. The third kappa shape index (κ3) is 12.5. The molecular weight excluding hydrogens is 958 g/mol. The lowest BCUT2D eigenvalue weighted by atomic mass is 10.1. The molecule has 14 nitrogen and oxygen atoms in total. The number of hydrogen-bond acceptors (Lipinski definition) is 14. The van der Waals surface area contributed by atoms with Crippen LogP contribution in [0.5, 0.6) is 0 Å². The summed E-state index contributed by atoms with van der Waals surface area (Å²) in [6.45, 7) is 14.5. The van der Waals surface area contributed by atoms with Gasteiger partial charge < -0.3 is 41.0 Å². The fourth-order valence-corrected chi connectivity index (χ4v) is 8.41. The molecule has 0 unspecified atom stereocenters. The molecule has 2 aliphatic heterocycles. The molecule has 2 aliphatic rings. The minimum absolute atomic E-state index is 0.00662. The summed E-state index contributed by atoms with van der Waals surface area (Å²) in [5.74, 6) is -0.642. The SMILES string of the molecule is CCOC(=O)c1nc(-c2cccc(Cl)c2Cl)c(C)nc1Cl.CCOC(=O)c1nc(-c2cccc(Cl)c2Cl)c(C)nc1N1CCN(c2ccccc2N)CC1.Nc1ccccc1N1CCNCC1. The standard InChI is InChI=1S/C24H25Cl2N5O2.C14H11Cl3N2O2.C10H15N3/c1-3-33-24(32)22-23(28-15(2)21(29-22)16-7-6-8-17(25)20(16)26)31-13-11-30(12-14-31)19-10-5-4-9-18(19)27;1-3-21-14(20)12-13(17)18-7(2)11(19-12)8-5-4-6-9(15)10(8)16;11-9-3-1-2-4-10(9)13-7-5-12-6-8-13/h4-10H,3,11-14,27H2,1-2H3;4-6H,3H2,1-2H3;1-4,12H,5-8,11H2. The Morgan fingerprint density at radius 1 is 0.567 bits per heavy atom. The molecule has 2 saturated heterocycles. The van der Waals surface area contributed by atoms with E-state index in [-0.39, 0.29) is 29.8 Å². The Balaban J connectivity index is 0.000000185. The number of nitrogens with two attached hydrogens (primary N) is 2. The van der Waals surface area contributed by atoms with Crippen molar-refractivity contribution in [3.63, 3.8) is 0 Å². The van der Waals surface area contributed by atoms with Gasteiger partial charge in [0.05, 0.1) is 78.8 Å². The van der Waals surface area contributed by atoms with Crippen molar-refractivity contribution in [2.45, 2.75) is 27.7 Å². The number of anilines is 5. The van der Waals surface area contributed by atoms with Crippen LogP contribution < -0.4 is 31.5 Å². The van der Waals surface area contributed by atoms with Gasteiger partial charge in [0.15, 0.2) is 22.4 Å². The van der Waals surface area contributed by atoms with Crippen molar-refractivity contribution in [2.24, 2.45) is 0 Å². The second kappa shape index (κ2) is 23.9. The summed E-state index contributed by atoms with van der Waals surface area (Å²) in [7, 11) is 0. The van der Waals surface area contributed by atoms with Crippen LogP contribution in [0.3, 0.4) is 0 Å². The first kappa shape index (κ1) is 50.8. The third-order valence-electron chi connectivity index (χ3n) is 10.7. The number of rotatable bonds is 9. The zero-order valence-electron chi connectivity index (χ0n) is 37.5. The number of esters is 2. The Morgan fingerprint density at radius 3 is 1.49 bits per heavy atom. The first-order chi connectivity index (χ1) is 32.2. The van der Waals surface area contributed by atoms with Crippen molar-refractivity contribution < 1.29 is 19.1 Å². The van der Waals surface area contributed by atoms with Gasteiger partial charge in [-0.15, -0.1) is 0 Å². The summed E-state index contributed by atoms with van der Waals surface area (Å²) in [6, 6.07) is 26.3. The van der Waals surface area contributed by atoms with Crippen molar-refractivity contribution in [2.75, 3.05) is 91.7 Å². The van der Waals surface area contributed by atoms with Gasteiger partial charge in [0.2, 0.25) is 0 Å². The number of piperazine rings is 2. The van der Waals surface area contributed by atoms with Crippen LogP contribution >= 0.6 is 58.0 Å². The van der Waals surface area contributed by atoms with Crippen LogP contribution in [0.4, 0.5) is 28.6 Å². The zero-order chi connectivity index (χ0) is 48.2. The van der Waals surface area contributed by atoms with Gasteiger partial charge >= 0.3 is 11.9 Å². The number of nitrogens with one attached hydrogen (secondary N) is 1. The molecule has 0 bridgehead atoms. The Hall–Kier alpha value is -5.61. The normalized spacial score (nSPS) is 13.5.